The van der Waals surface area contributed by atoms with Gasteiger partial charge in [0.2, 0.25) is 0 Å². The minimum absolute atomic E-state index is 0.0383. The first-order valence-corrected chi connectivity index (χ1v) is 9.52. The zero-order chi connectivity index (χ0) is 19.6. The van der Waals surface area contributed by atoms with Gasteiger partial charge in [0.05, 0.1) is 24.3 Å². The summed E-state index contributed by atoms with van der Waals surface area (Å²) in [5, 5.41) is 3.06. The molecule has 142 valence electrons. The Kier molecular flexibility index (Phi) is 4.33. The van der Waals surface area contributed by atoms with E-state index in [4.69, 9.17) is 4.74 Å². The van der Waals surface area contributed by atoms with Gasteiger partial charge in [-0.1, -0.05) is 48.5 Å². The number of amides is 1. The summed E-state index contributed by atoms with van der Waals surface area (Å²) in [7, 11) is 0. The van der Waals surface area contributed by atoms with Gasteiger partial charge in [-0.25, -0.2) is 4.98 Å². The lowest BCUT2D eigenvalue weighted by atomic mass is 10.0. The summed E-state index contributed by atoms with van der Waals surface area (Å²) in [6.07, 6.45) is 3.69. The number of rotatable bonds is 5. The van der Waals surface area contributed by atoms with Gasteiger partial charge in [0.1, 0.15) is 11.5 Å². The summed E-state index contributed by atoms with van der Waals surface area (Å²) in [6.45, 7) is 0.489. The Hall–Kier alpha value is -3.86. The summed E-state index contributed by atoms with van der Waals surface area (Å²) < 4.78 is 7.95. The van der Waals surface area contributed by atoms with Crippen molar-refractivity contribution in [2.45, 2.75) is 6.04 Å². The van der Waals surface area contributed by atoms with E-state index < -0.39 is 0 Å². The number of ether oxygens (including phenoxy) is 1. The number of para-hydroxylation sites is 1. The van der Waals surface area contributed by atoms with Crippen LogP contribution in [0, 0.1) is 0 Å². The van der Waals surface area contributed by atoms with E-state index >= 15 is 0 Å². The highest BCUT2D eigenvalue weighted by atomic mass is 16.5. The monoisotopic (exact) mass is 381 g/mol. The van der Waals surface area contributed by atoms with E-state index in [2.05, 4.69) is 27.0 Å². The molecule has 0 unspecified atom stereocenters. The zero-order valence-electron chi connectivity index (χ0n) is 15.7. The molecule has 1 aromatic heterocycles. The Morgan fingerprint density at radius 3 is 2.66 bits per heavy atom. The van der Waals surface area contributed by atoms with Crippen molar-refractivity contribution < 1.29 is 9.53 Å². The maximum Gasteiger partial charge on any atom is 0.251 e. The Labute approximate surface area is 168 Å². The van der Waals surface area contributed by atoms with Crippen LogP contribution in [0.2, 0.25) is 0 Å². The maximum absolute atomic E-state index is 12.8. The molecule has 0 saturated heterocycles. The normalized spacial score (nSPS) is 14.1. The molecule has 5 nitrogen and oxygen atoms in total. The van der Waals surface area contributed by atoms with Crippen LogP contribution in [0.3, 0.4) is 0 Å². The van der Waals surface area contributed by atoms with E-state index in [-0.39, 0.29) is 11.9 Å². The van der Waals surface area contributed by atoms with Gasteiger partial charge in [0, 0.05) is 17.7 Å². The van der Waals surface area contributed by atoms with Crippen molar-refractivity contribution in [3.8, 4) is 22.8 Å². The summed E-state index contributed by atoms with van der Waals surface area (Å²) in [5.41, 5.74) is 4.02. The van der Waals surface area contributed by atoms with Crippen molar-refractivity contribution >= 4 is 5.91 Å². The van der Waals surface area contributed by atoms with Gasteiger partial charge in [-0.2, -0.15) is 0 Å². The Morgan fingerprint density at radius 2 is 1.76 bits per heavy atom. The Morgan fingerprint density at radius 1 is 0.966 bits per heavy atom. The lowest BCUT2D eigenvalue weighted by Crippen LogP contribution is -2.30. The molecule has 0 fully saturated rings. The van der Waals surface area contributed by atoms with Crippen LogP contribution in [0.4, 0.5) is 0 Å². The number of nitrogens with zero attached hydrogens (tertiary/aromatic N) is 2. The van der Waals surface area contributed by atoms with Crippen LogP contribution >= 0.6 is 0 Å². The van der Waals surface area contributed by atoms with Crippen LogP contribution < -0.4 is 10.1 Å². The van der Waals surface area contributed by atoms with Crippen molar-refractivity contribution in [2.24, 2.45) is 0 Å². The average Bonchev–Trinajstić information content (AvgIpc) is 3.34. The SMILES string of the molecule is O=C(NC[C@H]1c2ccccc2-c2cncn21)c1cccc(Oc2ccccc2)c1. The largest absolute Gasteiger partial charge is 0.457 e. The molecule has 5 rings (SSSR count). The average molecular weight is 381 g/mol. The highest BCUT2D eigenvalue weighted by molar-refractivity contribution is 5.94. The molecule has 2 heterocycles. The number of imidazole rings is 1. The van der Waals surface area contributed by atoms with Crippen molar-refractivity contribution in [1.29, 1.82) is 0 Å². The molecule has 1 aliphatic heterocycles. The molecule has 0 spiro atoms. The number of fused-ring (bicyclic) bond motifs is 3. The van der Waals surface area contributed by atoms with E-state index in [1.54, 1.807) is 12.1 Å². The Bertz CT molecular complexity index is 1170. The third kappa shape index (κ3) is 3.27. The van der Waals surface area contributed by atoms with Crippen LogP contribution in [0.5, 0.6) is 11.5 Å². The maximum atomic E-state index is 12.8. The van der Waals surface area contributed by atoms with E-state index in [0.717, 1.165) is 11.4 Å². The number of benzene rings is 3. The minimum Gasteiger partial charge on any atom is -0.457 e. The molecule has 0 aliphatic carbocycles. The summed E-state index contributed by atoms with van der Waals surface area (Å²) in [4.78, 5) is 17.0. The topological polar surface area (TPSA) is 56.2 Å². The number of nitrogens with one attached hydrogen (secondary N) is 1. The third-order valence-corrected chi connectivity index (χ3v) is 5.13. The van der Waals surface area contributed by atoms with Crippen molar-refractivity contribution in [3.63, 3.8) is 0 Å². The highest BCUT2D eigenvalue weighted by Gasteiger charge is 2.28. The molecular weight excluding hydrogens is 362 g/mol. The second-order valence-corrected chi connectivity index (χ2v) is 6.94. The molecule has 29 heavy (non-hydrogen) atoms. The first kappa shape index (κ1) is 17.3. The van der Waals surface area contributed by atoms with Gasteiger partial charge in [-0.3, -0.25) is 4.79 Å². The first-order valence-electron chi connectivity index (χ1n) is 9.52. The predicted molar refractivity (Wildman–Crippen MR) is 111 cm³/mol. The van der Waals surface area contributed by atoms with Crippen LogP contribution in [-0.2, 0) is 0 Å². The molecule has 4 aromatic rings. The number of carbonyl (C=O) groups is 1. The van der Waals surface area contributed by atoms with Crippen molar-refractivity contribution in [2.75, 3.05) is 6.54 Å². The third-order valence-electron chi connectivity index (χ3n) is 5.13. The summed E-state index contributed by atoms with van der Waals surface area (Å²) in [6, 6.07) is 25.0. The number of hydrogen-bond acceptors (Lipinski definition) is 3. The van der Waals surface area contributed by atoms with Gasteiger partial charge < -0.3 is 14.6 Å². The highest BCUT2D eigenvalue weighted by Crippen LogP contribution is 2.38. The predicted octanol–water partition coefficient (Wildman–Crippen LogP) is 4.68. The lowest BCUT2D eigenvalue weighted by molar-refractivity contribution is 0.0950. The van der Waals surface area contributed by atoms with Gasteiger partial charge in [-0.15, -0.1) is 0 Å². The van der Waals surface area contributed by atoms with E-state index in [0.29, 0.717) is 17.9 Å². The Balaban J connectivity index is 1.31. The molecule has 5 heteroatoms. The molecular formula is C24H19N3O2. The minimum atomic E-state index is -0.130. The first-order chi connectivity index (χ1) is 14.3. The van der Waals surface area contributed by atoms with E-state index in [1.165, 1.54) is 11.1 Å². The smallest absolute Gasteiger partial charge is 0.251 e. The molecule has 0 saturated carbocycles. The second-order valence-electron chi connectivity index (χ2n) is 6.94. The molecule has 1 N–H and O–H groups in total. The zero-order valence-corrected chi connectivity index (χ0v) is 15.7. The molecule has 1 amide bonds. The van der Waals surface area contributed by atoms with E-state index in [1.807, 2.05) is 67.1 Å². The number of aromatic nitrogens is 2. The quantitative estimate of drug-likeness (QED) is 0.546. The summed E-state index contributed by atoms with van der Waals surface area (Å²) >= 11 is 0. The number of carbonyl (C=O) groups excluding carboxylic acids is 1. The van der Waals surface area contributed by atoms with E-state index in [9.17, 15) is 4.79 Å². The molecule has 1 aliphatic rings. The van der Waals surface area contributed by atoms with Crippen LogP contribution in [-0.4, -0.2) is 22.0 Å². The van der Waals surface area contributed by atoms with Crippen molar-refractivity contribution in [3.05, 3.63) is 103 Å². The van der Waals surface area contributed by atoms with Crippen molar-refractivity contribution in [1.82, 2.24) is 14.9 Å². The lowest BCUT2D eigenvalue weighted by Gasteiger charge is -2.16. The number of hydrogen-bond donors (Lipinski definition) is 1. The van der Waals surface area contributed by atoms with Gasteiger partial charge in [0.15, 0.2) is 0 Å². The van der Waals surface area contributed by atoms with Gasteiger partial charge in [-0.05, 0) is 35.9 Å². The molecule has 1 atom stereocenters. The molecule has 0 radical (unpaired) electrons. The standard InChI is InChI=1S/C24H19N3O2/c28-24(17-7-6-10-19(13-17)29-18-8-2-1-3-9-18)26-15-23-21-12-5-4-11-20(21)22-14-25-16-27(22)23/h1-14,16,23H,15H2,(H,26,28)/t23-/m0/s1. The van der Waals surface area contributed by atoms with Crippen LogP contribution in [0.25, 0.3) is 11.3 Å². The van der Waals surface area contributed by atoms with Crippen LogP contribution in [0.1, 0.15) is 22.0 Å². The second kappa shape index (κ2) is 7.28. The van der Waals surface area contributed by atoms with Crippen LogP contribution in [0.15, 0.2) is 91.4 Å². The molecule has 0 bridgehead atoms. The summed E-state index contributed by atoms with van der Waals surface area (Å²) in [5.74, 6) is 1.24. The fraction of sp³-hybridized carbons (Fsp3) is 0.0833. The van der Waals surface area contributed by atoms with Gasteiger partial charge >= 0.3 is 0 Å². The fourth-order valence-corrected chi connectivity index (χ4v) is 3.76. The van der Waals surface area contributed by atoms with Gasteiger partial charge in [0.25, 0.3) is 5.91 Å². The molecule has 3 aromatic carbocycles. The fourth-order valence-electron chi connectivity index (χ4n) is 3.76.